The van der Waals surface area contributed by atoms with Gasteiger partial charge in [-0.15, -0.1) is 0 Å². The molecule has 2 rings (SSSR count). The zero-order valence-corrected chi connectivity index (χ0v) is 8.79. The van der Waals surface area contributed by atoms with Crippen LogP contribution < -0.4 is 16.4 Å². The van der Waals surface area contributed by atoms with Gasteiger partial charge in [-0.25, -0.2) is 0 Å². The van der Waals surface area contributed by atoms with Crippen molar-refractivity contribution < 1.29 is 4.79 Å². The molecule has 1 aliphatic carbocycles. The van der Waals surface area contributed by atoms with Gasteiger partial charge >= 0.3 is 0 Å². The lowest BCUT2D eigenvalue weighted by Crippen LogP contribution is -2.68. The average Bonchev–Trinajstić information content (AvgIpc) is 2.11. The monoisotopic (exact) mass is 197 g/mol. The topological polar surface area (TPSA) is 67.2 Å². The Morgan fingerprint density at radius 2 is 1.79 bits per heavy atom. The number of piperazine rings is 1. The molecule has 1 amide bonds. The number of nitrogens with two attached hydrogens (primary N) is 1. The molecule has 0 radical (unpaired) electrons. The van der Waals surface area contributed by atoms with Crippen LogP contribution in [0.4, 0.5) is 0 Å². The Morgan fingerprint density at radius 3 is 2.43 bits per heavy atom. The van der Waals surface area contributed by atoms with Gasteiger partial charge in [0, 0.05) is 12.1 Å². The number of fused-ring (bicyclic) bond motifs is 1. The number of hydrogen-bond donors (Lipinski definition) is 3. The van der Waals surface area contributed by atoms with E-state index in [1.165, 1.54) is 0 Å². The Labute approximate surface area is 84.6 Å². The molecule has 1 saturated carbocycles. The molecule has 0 aromatic heterocycles. The minimum absolute atomic E-state index is 0.0620. The largest absolute Gasteiger partial charge is 0.349 e. The van der Waals surface area contributed by atoms with Crippen LogP contribution in [0.2, 0.25) is 0 Å². The van der Waals surface area contributed by atoms with Crippen LogP contribution in [0.5, 0.6) is 0 Å². The van der Waals surface area contributed by atoms with Crippen LogP contribution in [0, 0.1) is 11.8 Å². The molecule has 0 spiro atoms. The van der Waals surface area contributed by atoms with E-state index >= 15 is 0 Å². The lowest BCUT2D eigenvalue weighted by atomic mass is 9.75. The van der Waals surface area contributed by atoms with Gasteiger partial charge in [-0.2, -0.15) is 0 Å². The summed E-state index contributed by atoms with van der Waals surface area (Å²) >= 11 is 0. The highest BCUT2D eigenvalue weighted by Crippen LogP contribution is 2.30. The van der Waals surface area contributed by atoms with Crippen molar-refractivity contribution in [2.75, 3.05) is 0 Å². The van der Waals surface area contributed by atoms with Crippen LogP contribution >= 0.6 is 0 Å². The molecule has 80 valence electrons. The Morgan fingerprint density at radius 1 is 1.21 bits per heavy atom. The van der Waals surface area contributed by atoms with E-state index in [9.17, 15) is 4.79 Å². The van der Waals surface area contributed by atoms with Crippen LogP contribution in [-0.2, 0) is 4.79 Å². The number of amides is 1. The molecule has 1 saturated heterocycles. The first-order valence-corrected chi connectivity index (χ1v) is 5.40. The van der Waals surface area contributed by atoms with E-state index in [1.807, 2.05) is 0 Å². The number of nitrogens with one attached hydrogen (secondary N) is 2. The summed E-state index contributed by atoms with van der Waals surface area (Å²) in [6, 6.07) is 0.655. The Hall–Kier alpha value is -0.610. The molecule has 0 bridgehead atoms. The molecule has 2 aliphatic rings. The van der Waals surface area contributed by atoms with Gasteiger partial charge in [-0.1, -0.05) is 13.8 Å². The third-order valence-electron chi connectivity index (χ3n) is 3.71. The van der Waals surface area contributed by atoms with E-state index in [1.54, 1.807) is 0 Å². The highest BCUT2D eigenvalue weighted by atomic mass is 16.2. The van der Waals surface area contributed by atoms with E-state index in [2.05, 4.69) is 24.5 Å². The summed E-state index contributed by atoms with van der Waals surface area (Å²) in [5, 5.41) is 6.18. The molecule has 14 heavy (non-hydrogen) atoms. The van der Waals surface area contributed by atoms with Crippen molar-refractivity contribution in [1.29, 1.82) is 0 Å². The second kappa shape index (κ2) is 3.51. The SMILES string of the molecule is CC1CC2NC(=O)C(N)NC2CC1C. The standard InChI is InChI=1S/C10H19N3O/c1-5-3-7-8(4-6(5)2)13-10(14)9(11)12-7/h5-9,12H,3-4,11H2,1-2H3,(H,13,14). The maximum Gasteiger partial charge on any atom is 0.251 e. The third-order valence-corrected chi connectivity index (χ3v) is 3.71. The van der Waals surface area contributed by atoms with Crippen LogP contribution in [0.1, 0.15) is 26.7 Å². The molecule has 4 N–H and O–H groups in total. The molecule has 1 aliphatic heterocycles. The summed E-state index contributed by atoms with van der Waals surface area (Å²) in [5.74, 6) is 1.34. The molecule has 4 heteroatoms. The Kier molecular flexibility index (Phi) is 2.49. The summed E-state index contributed by atoms with van der Waals surface area (Å²) in [7, 11) is 0. The maximum atomic E-state index is 11.3. The van der Waals surface area contributed by atoms with E-state index in [4.69, 9.17) is 5.73 Å². The third kappa shape index (κ3) is 1.64. The quantitative estimate of drug-likeness (QED) is 0.503. The first kappa shape index (κ1) is 9.93. The van der Waals surface area contributed by atoms with Gasteiger partial charge in [-0.05, 0) is 24.7 Å². The van der Waals surface area contributed by atoms with Crippen molar-refractivity contribution >= 4 is 5.91 Å². The minimum atomic E-state index is -0.517. The van der Waals surface area contributed by atoms with Gasteiger partial charge in [0.05, 0.1) is 0 Å². The van der Waals surface area contributed by atoms with Crippen LogP contribution in [0.3, 0.4) is 0 Å². The number of carbonyl (C=O) groups excluding carboxylic acids is 1. The van der Waals surface area contributed by atoms with Crippen molar-refractivity contribution in [3.8, 4) is 0 Å². The lowest BCUT2D eigenvalue weighted by molar-refractivity contribution is -0.127. The molecule has 0 aromatic rings. The second-order valence-electron chi connectivity index (χ2n) is 4.79. The van der Waals surface area contributed by atoms with Crippen LogP contribution in [0.15, 0.2) is 0 Å². The average molecular weight is 197 g/mol. The molecule has 5 unspecified atom stereocenters. The van der Waals surface area contributed by atoms with Crippen molar-refractivity contribution in [2.45, 2.75) is 44.9 Å². The van der Waals surface area contributed by atoms with E-state index in [0.717, 1.165) is 12.8 Å². The predicted octanol–water partition coefficient (Wildman–Crippen LogP) is -0.206. The zero-order valence-electron chi connectivity index (χ0n) is 8.79. The van der Waals surface area contributed by atoms with Gasteiger partial charge in [0.25, 0.3) is 5.91 Å². The van der Waals surface area contributed by atoms with Gasteiger partial charge < -0.3 is 11.1 Å². The predicted molar refractivity (Wildman–Crippen MR) is 54.4 cm³/mol. The number of rotatable bonds is 0. The van der Waals surface area contributed by atoms with E-state index in [-0.39, 0.29) is 11.9 Å². The summed E-state index contributed by atoms with van der Waals surface area (Å²) in [5.41, 5.74) is 5.64. The second-order valence-corrected chi connectivity index (χ2v) is 4.79. The zero-order chi connectivity index (χ0) is 10.3. The fraction of sp³-hybridized carbons (Fsp3) is 0.900. The minimum Gasteiger partial charge on any atom is -0.349 e. The van der Waals surface area contributed by atoms with Crippen LogP contribution in [0.25, 0.3) is 0 Å². The summed E-state index contributed by atoms with van der Waals surface area (Å²) in [4.78, 5) is 11.3. The van der Waals surface area contributed by atoms with E-state index in [0.29, 0.717) is 17.9 Å². The van der Waals surface area contributed by atoms with Gasteiger partial charge in [0.2, 0.25) is 0 Å². The number of hydrogen-bond acceptors (Lipinski definition) is 3. The smallest absolute Gasteiger partial charge is 0.251 e. The normalized spacial score (nSPS) is 48.2. The van der Waals surface area contributed by atoms with Crippen molar-refractivity contribution in [2.24, 2.45) is 17.6 Å². The van der Waals surface area contributed by atoms with E-state index < -0.39 is 6.17 Å². The molecule has 0 aromatic carbocycles. The van der Waals surface area contributed by atoms with Gasteiger partial charge in [0.15, 0.2) is 0 Å². The number of carbonyl (C=O) groups is 1. The molecular formula is C10H19N3O. The first-order valence-electron chi connectivity index (χ1n) is 5.40. The van der Waals surface area contributed by atoms with Crippen molar-refractivity contribution in [1.82, 2.24) is 10.6 Å². The fourth-order valence-corrected chi connectivity index (χ4v) is 2.52. The molecule has 2 fully saturated rings. The molecule has 1 heterocycles. The van der Waals surface area contributed by atoms with Crippen molar-refractivity contribution in [3.63, 3.8) is 0 Å². The molecular weight excluding hydrogens is 178 g/mol. The van der Waals surface area contributed by atoms with Crippen molar-refractivity contribution in [3.05, 3.63) is 0 Å². The molecule has 4 nitrogen and oxygen atoms in total. The Bertz CT molecular complexity index is 244. The lowest BCUT2D eigenvalue weighted by Gasteiger charge is -2.44. The Balaban J connectivity index is 2.05. The first-order chi connectivity index (χ1) is 6.58. The van der Waals surface area contributed by atoms with Crippen LogP contribution in [-0.4, -0.2) is 24.2 Å². The fourth-order valence-electron chi connectivity index (χ4n) is 2.52. The highest BCUT2D eigenvalue weighted by molar-refractivity contribution is 5.82. The maximum absolute atomic E-state index is 11.3. The van der Waals surface area contributed by atoms with Gasteiger partial charge in [-0.3, -0.25) is 10.1 Å². The summed E-state index contributed by atoms with van der Waals surface area (Å²) in [6.07, 6.45) is 1.66. The molecule has 5 atom stereocenters. The van der Waals surface area contributed by atoms with Gasteiger partial charge in [0.1, 0.15) is 6.17 Å². The summed E-state index contributed by atoms with van der Waals surface area (Å²) < 4.78 is 0. The highest BCUT2D eigenvalue weighted by Gasteiger charge is 2.38. The summed E-state index contributed by atoms with van der Waals surface area (Å²) in [6.45, 7) is 4.52.